The lowest BCUT2D eigenvalue weighted by Crippen LogP contribution is -2.13. The highest BCUT2D eigenvalue weighted by atomic mass is 32.2. The first-order valence-corrected chi connectivity index (χ1v) is 15.1. The van der Waals surface area contributed by atoms with E-state index in [4.69, 9.17) is 0 Å². The fourth-order valence-electron chi connectivity index (χ4n) is 5.46. The van der Waals surface area contributed by atoms with Crippen LogP contribution in [0.4, 0.5) is 0 Å². The average Bonchev–Trinajstić information content (AvgIpc) is 3.56. The predicted molar refractivity (Wildman–Crippen MR) is 139 cm³/mol. The van der Waals surface area contributed by atoms with E-state index in [-0.39, 0.29) is 33.3 Å². The number of rotatable bonds is 4. The van der Waals surface area contributed by atoms with E-state index in [1.54, 1.807) is 0 Å². The quantitative estimate of drug-likeness (QED) is 0.380. The van der Waals surface area contributed by atoms with Crippen LogP contribution in [0.25, 0.3) is 21.5 Å². The van der Waals surface area contributed by atoms with Crippen LogP contribution >= 0.6 is 0 Å². The lowest BCUT2D eigenvalue weighted by Gasteiger charge is -2.24. The van der Waals surface area contributed by atoms with Crippen molar-refractivity contribution in [2.45, 2.75) is 41.9 Å². The summed E-state index contributed by atoms with van der Waals surface area (Å²) in [5.41, 5.74) is 1.63. The molecule has 2 saturated heterocycles. The van der Waals surface area contributed by atoms with Gasteiger partial charge in [0.05, 0.1) is 0 Å². The molecule has 0 aromatic heterocycles. The summed E-state index contributed by atoms with van der Waals surface area (Å²) in [6, 6.07) is 20.8. The van der Waals surface area contributed by atoms with E-state index < -0.39 is 0 Å². The van der Waals surface area contributed by atoms with Crippen LogP contribution in [0.5, 0.6) is 11.5 Å². The second kappa shape index (κ2) is 8.81. The summed E-state index contributed by atoms with van der Waals surface area (Å²) >= 11 is 0. The monoisotopic (exact) mass is 472 g/mol. The number of hydrogen-bond acceptors (Lipinski definition) is 2. The summed E-state index contributed by atoms with van der Waals surface area (Å²) in [5.74, 6) is 4.86. The van der Waals surface area contributed by atoms with E-state index in [2.05, 4.69) is 36.4 Å². The van der Waals surface area contributed by atoms with Gasteiger partial charge < -0.3 is 10.2 Å². The first kappa shape index (κ1) is 21.2. The summed E-state index contributed by atoms with van der Waals surface area (Å²) in [7, 11) is 0.0908. The van der Waals surface area contributed by atoms with Crippen LogP contribution in [0.1, 0.15) is 36.8 Å². The zero-order chi connectivity index (χ0) is 22.4. The van der Waals surface area contributed by atoms with Gasteiger partial charge in [-0.3, -0.25) is 0 Å². The fraction of sp³-hybridized carbons (Fsp3) is 0.310. The maximum Gasteiger partial charge on any atom is 0.148 e. The van der Waals surface area contributed by atoms with Crippen molar-refractivity contribution in [3.63, 3.8) is 0 Å². The fourth-order valence-corrected chi connectivity index (χ4v) is 10.3. The third kappa shape index (κ3) is 3.77. The molecule has 2 nitrogen and oxygen atoms in total. The van der Waals surface area contributed by atoms with Gasteiger partial charge in [0.2, 0.25) is 0 Å². The van der Waals surface area contributed by atoms with Gasteiger partial charge in [0.25, 0.3) is 0 Å². The van der Waals surface area contributed by atoms with Crippen LogP contribution < -0.4 is 10.2 Å². The lowest BCUT2D eigenvalue weighted by atomic mass is 9.93. The van der Waals surface area contributed by atoms with E-state index in [0.717, 1.165) is 65.5 Å². The Morgan fingerprint density at radius 1 is 0.576 bits per heavy atom. The molecule has 4 aromatic rings. The van der Waals surface area contributed by atoms with Crippen LogP contribution in [0.2, 0.25) is 0 Å². The van der Waals surface area contributed by atoms with Crippen LogP contribution in [0.3, 0.4) is 0 Å². The van der Waals surface area contributed by atoms with Crippen LogP contribution in [0, 0.1) is 0 Å². The third-order valence-corrected chi connectivity index (χ3v) is 12.2. The molecule has 2 heterocycles. The van der Waals surface area contributed by atoms with E-state index in [1.165, 1.54) is 25.7 Å². The molecule has 2 aliphatic rings. The molecular formula is C29H28O2S2. The Kier molecular flexibility index (Phi) is 5.67. The van der Waals surface area contributed by atoms with Crippen molar-refractivity contribution in [3.8, 4) is 11.5 Å². The average molecular weight is 473 g/mol. The van der Waals surface area contributed by atoms with Crippen molar-refractivity contribution in [1.29, 1.82) is 0 Å². The molecule has 0 bridgehead atoms. The van der Waals surface area contributed by atoms with Crippen LogP contribution in [-0.4, -0.2) is 23.0 Å². The summed E-state index contributed by atoms with van der Waals surface area (Å²) in [5, 5.41) is 32.0. The Morgan fingerprint density at radius 2 is 0.970 bits per heavy atom. The number of hydrogen-bond donors (Lipinski definition) is 0. The first-order valence-electron chi connectivity index (χ1n) is 12.0. The Balaban J connectivity index is 1.56. The molecule has 2 fully saturated rings. The normalized spacial score (nSPS) is 17.5. The van der Waals surface area contributed by atoms with Crippen molar-refractivity contribution in [3.05, 3.63) is 71.8 Å². The van der Waals surface area contributed by atoms with Gasteiger partial charge in [0, 0.05) is 33.9 Å². The van der Waals surface area contributed by atoms with E-state index in [1.807, 2.05) is 24.3 Å². The van der Waals surface area contributed by atoms with E-state index in [9.17, 15) is 10.2 Å². The molecule has 0 saturated carbocycles. The summed E-state index contributed by atoms with van der Waals surface area (Å²) < 4.78 is 0. The lowest BCUT2D eigenvalue weighted by molar-refractivity contribution is -0.274. The zero-order valence-corrected chi connectivity index (χ0v) is 20.4. The summed E-state index contributed by atoms with van der Waals surface area (Å²) in [4.78, 5) is 1.98. The highest BCUT2D eigenvalue weighted by Crippen LogP contribution is 2.41. The zero-order valence-electron chi connectivity index (χ0n) is 18.8. The van der Waals surface area contributed by atoms with Crippen molar-refractivity contribution < 1.29 is 10.2 Å². The van der Waals surface area contributed by atoms with E-state index >= 15 is 0 Å². The smallest absolute Gasteiger partial charge is 0.148 e. The van der Waals surface area contributed by atoms with Gasteiger partial charge in [-0.05, 0) is 76.3 Å². The summed E-state index contributed by atoms with van der Waals surface area (Å²) in [6.07, 6.45) is 5.28. The van der Waals surface area contributed by atoms with Crippen LogP contribution in [-0.2, 0) is 28.2 Å². The summed E-state index contributed by atoms with van der Waals surface area (Å²) in [6.45, 7) is 0. The van der Waals surface area contributed by atoms with Gasteiger partial charge in [-0.2, -0.15) is 0 Å². The molecule has 0 unspecified atom stereocenters. The molecule has 0 spiro atoms. The maximum atomic E-state index is 13.9. The first-order chi connectivity index (χ1) is 16.2. The molecule has 6 rings (SSSR count). The Hall–Kier alpha value is -2.30. The number of fused-ring (bicyclic) bond motifs is 2. The molecule has 4 aromatic carbocycles. The van der Waals surface area contributed by atoms with Crippen molar-refractivity contribution in [2.75, 3.05) is 23.0 Å². The Morgan fingerprint density at radius 3 is 1.39 bits per heavy atom. The highest BCUT2D eigenvalue weighted by molar-refractivity contribution is 7.97. The van der Waals surface area contributed by atoms with Gasteiger partial charge in [-0.25, -0.2) is 0 Å². The van der Waals surface area contributed by atoms with E-state index in [0.29, 0.717) is 6.42 Å². The standard InChI is InChI=1S/C29H28O2S2/c30-28-24(22-11-3-1-9-20(22)17-26(28)32-13-5-6-14-32)19-25-23-12-4-2-10-21(23)18-27(29(25)31)33-15-7-8-16-33/h1-4,9-12,17-18H,5-8,13-16,19H2. The van der Waals surface area contributed by atoms with Gasteiger partial charge in [0.15, 0.2) is 0 Å². The third-order valence-electron chi connectivity index (χ3n) is 7.18. The molecule has 4 heteroatoms. The minimum absolute atomic E-state index is 0.0454. The molecule has 0 N–H and O–H groups in total. The molecule has 0 atom stereocenters. The molecule has 0 aliphatic carbocycles. The van der Waals surface area contributed by atoms with Gasteiger partial charge in [-0.1, -0.05) is 48.5 Å². The van der Waals surface area contributed by atoms with Gasteiger partial charge >= 0.3 is 0 Å². The van der Waals surface area contributed by atoms with Gasteiger partial charge in [-0.15, -0.1) is 0 Å². The van der Waals surface area contributed by atoms with Crippen molar-refractivity contribution in [2.24, 2.45) is 0 Å². The largest absolute Gasteiger partial charge is 0.869 e. The molecule has 2 aliphatic heterocycles. The minimum Gasteiger partial charge on any atom is -0.869 e. The maximum absolute atomic E-state index is 13.9. The molecule has 0 radical (unpaired) electrons. The Bertz CT molecular complexity index is 1230. The molecule has 168 valence electrons. The highest BCUT2D eigenvalue weighted by Gasteiger charge is 2.31. The molecule has 0 amide bonds. The molecule has 33 heavy (non-hydrogen) atoms. The van der Waals surface area contributed by atoms with Gasteiger partial charge in [0.1, 0.15) is 32.8 Å². The second-order valence-corrected chi connectivity index (χ2v) is 13.7. The Labute approximate surface area is 201 Å². The van der Waals surface area contributed by atoms with Crippen LogP contribution in [0.15, 0.2) is 70.5 Å². The topological polar surface area (TPSA) is 46.1 Å². The predicted octanol–water partition coefficient (Wildman–Crippen LogP) is 5.27. The van der Waals surface area contributed by atoms with Crippen molar-refractivity contribution in [1.82, 2.24) is 0 Å². The van der Waals surface area contributed by atoms with Crippen molar-refractivity contribution >= 4 is 43.3 Å². The SMILES string of the molecule is [O-]c1c([S+]2CCCC2)cc2ccccc2c1Cc1c([O-])c([S+]2CCCC2)cc2ccccc12. The number of benzene rings is 4. The minimum atomic E-state index is 0.0454. The molecular weight excluding hydrogens is 444 g/mol. The second-order valence-electron chi connectivity index (χ2n) is 9.20.